The molecule has 132 valence electrons. The molecule has 3 rings (SSSR count). The quantitative estimate of drug-likeness (QED) is 0.855. The van der Waals surface area contributed by atoms with E-state index < -0.39 is 10.0 Å². The summed E-state index contributed by atoms with van der Waals surface area (Å²) in [6.45, 7) is 6.16. The van der Waals surface area contributed by atoms with Crippen molar-refractivity contribution in [2.24, 2.45) is 0 Å². The lowest BCUT2D eigenvalue weighted by Crippen LogP contribution is -2.51. The Bertz CT molecular complexity index is 721. The van der Waals surface area contributed by atoms with Crippen LogP contribution in [0.15, 0.2) is 23.1 Å². The van der Waals surface area contributed by atoms with Gasteiger partial charge in [-0.05, 0) is 38.3 Å². The molecule has 1 aliphatic carbocycles. The van der Waals surface area contributed by atoms with Crippen LogP contribution in [0.25, 0.3) is 0 Å². The molecule has 0 atom stereocenters. The second-order valence-corrected chi connectivity index (χ2v) is 8.70. The molecule has 1 aromatic carbocycles. The molecule has 0 spiro atoms. The number of carbonyl (C=O) groups is 1. The van der Waals surface area contributed by atoms with Crippen LogP contribution in [-0.2, 0) is 14.8 Å². The Hall–Kier alpha value is -1.44. The van der Waals surface area contributed by atoms with E-state index in [-0.39, 0.29) is 5.91 Å². The average Bonchev–Trinajstić information content (AvgIpc) is 3.31. The van der Waals surface area contributed by atoms with Crippen molar-refractivity contribution in [2.45, 2.75) is 37.6 Å². The van der Waals surface area contributed by atoms with Crippen LogP contribution in [0.5, 0.6) is 0 Å². The van der Waals surface area contributed by atoms with Gasteiger partial charge < -0.3 is 5.32 Å². The Balaban J connectivity index is 1.59. The molecule has 1 aliphatic heterocycles. The highest BCUT2D eigenvalue weighted by Gasteiger charge is 2.30. The highest BCUT2D eigenvalue weighted by molar-refractivity contribution is 7.89. The van der Waals surface area contributed by atoms with E-state index in [4.69, 9.17) is 0 Å². The monoisotopic (exact) mass is 351 g/mol. The van der Waals surface area contributed by atoms with E-state index >= 15 is 0 Å². The van der Waals surface area contributed by atoms with Crippen LogP contribution in [0.2, 0.25) is 0 Å². The first-order valence-corrected chi connectivity index (χ1v) is 9.89. The minimum Gasteiger partial charge on any atom is -0.352 e. The van der Waals surface area contributed by atoms with Crippen molar-refractivity contribution >= 4 is 15.9 Å². The third-order valence-electron chi connectivity index (χ3n) is 4.59. The predicted octanol–water partition coefficient (Wildman–Crippen LogP) is 0.888. The second kappa shape index (κ2) is 6.82. The van der Waals surface area contributed by atoms with E-state index in [2.05, 4.69) is 5.32 Å². The van der Waals surface area contributed by atoms with E-state index in [1.807, 2.05) is 30.9 Å². The smallest absolute Gasteiger partial charge is 0.243 e. The van der Waals surface area contributed by atoms with Crippen molar-refractivity contribution in [1.82, 2.24) is 14.5 Å². The van der Waals surface area contributed by atoms with E-state index in [0.29, 0.717) is 43.7 Å². The van der Waals surface area contributed by atoms with Crippen LogP contribution in [0.3, 0.4) is 0 Å². The van der Waals surface area contributed by atoms with Crippen LogP contribution < -0.4 is 5.32 Å². The number of amides is 1. The predicted molar refractivity (Wildman–Crippen MR) is 92.3 cm³/mol. The van der Waals surface area contributed by atoms with Crippen LogP contribution in [0.1, 0.15) is 24.0 Å². The number of benzene rings is 1. The van der Waals surface area contributed by atoms with Gasteiger partial charge in [-0.1, -0.05) is 17.7 Å². The number of nitrogens with one attached hydrogen (secondary N) is 1. The molecular formula is C17H25N3O3S. The number of piperazine rings is 1. The van der Waals surface area contributed by atoms with Crippen molar-refractivity contribution in [2.75, 3.05) is 32.7 Å². The van der Waals surface area contributed by atoms with Gasteiger partial charge in [0.15, 0.2) is 0 Å². The maximum atomic E-state index is 12.8. The van der Waals surface area contributed by atoms with Crippen LogP contribution >= 0.6 is 0 Å². The van der Waals surface area contributed by atoms with Gasteiger partial charge in [-0.2, -0.15) is 4.31 Å². The fourth-order valence-electron chi connectivity index (χ4n) is 3.06. The number of hydrogen-bond acceptors (Lipinski definition) is 4. The lowest BCUT2D eigenvalue weighted by molar-refractivity contribution is -0.122. The lowest BCUT2D eigenvalue weighted by atomic mass is 10.2. The molecule has 2 aliphatic rings. The summed E-state index contributed by atoms with van der Waals surface area (Å²) in [7, 11) is -3.46. The van der Waals surface area contributed by atoms with Crippen molar-refractivity contribution < 1.29 is 13.2 Å². The van der Waals surface area contributed by atoms with Gasteiger partial charge in [0.2, 0.25) is 15.9 Å². The van der Waals surface area contributed by atoms with Crippen LogP contribution in [-0.4, -0.2) is 62.3 Å². The fourth-order valence-corrected chi connectivity index (χ4v) is 4.69. The Morgan fingerprint density at radius 3 is 2.42 bits per heavy atom. The van der Waals surface area contributed by atoms with Crippen molar-refractivity contribution in [1.29, 1.82) is 0 Å². The van der Waals surface area contributed by atoms with Gasteiger partial charge in [-0.3, -0.25) is 9.69 Å². The molecule has 2 fully saturated rings. The fraction of sp³-hybridized carbons (Fsp3) is 0.588. The molecule has 1 amide bonds. The van der Waals surface area contributed by atoms with Gasteiger partial charge in [0.05, 0.1) is 11.4 Å². The number of carbonyl (C=O) groups excluding carboxylic acids is 1. The molecule has 1 saturated carbocycles. The van der Waals surface area contributed by atoms with Gasteiger partial charge in [0, 0.05) is 32.2 Å². The summed E-state index contributed by atoms with van der Waals surface area (Å²) in [6, 6.07) is 5.78. The highest BCUT2D eigenvalue weighted by Crippen LogP contribution is 2.22. The molecule has 1 heterocycles. The molecule has 1 saturated heterocycles. The Morgan fingerprint density at radius 2 is 1.83 bits per heavy atom. The van der Waals surface area contributed by atoms with E-state index in [9.17, 15) is 13.2 Å². The summed E-state index contributed by atoms with van der Waals surface area (Å²) in [5, 5.41) is 2.97. The minimum atomic E-state index is -3.46. The highest BCUT2D eigenvalue weighted by atomic mass is 32.2. The first kappa shape index (κ1) is 17.4. The summed E-state index contributed by atoms with van der Waals surface area (Å²) < 4.78 is 27.2. The maximum absolute atomic E-state index is 12.8. The van der Waals surface area contributed by atoms with E-state index in [0.717, 1.165) is 24.0 Å². The molecule has 1 N–H and O–H groups in total. The van der Waals surface area contributed by atoms with Gasteiger partial charge >= 0.3 is 0 Å². The number of nitrogens with zero attached hydrogens (tertiary/aromatic N) is 2. The third-order valence-corrected chi connectivity index (χ3v) is 6.65. The average molecular weight is 351 g/mol. The first-order chi connectivity index (χ1) is 11.4. The van der Waals surface area contributed by atoms with Gasteiger partial charge in [-0.25, -0.2) is 8.42 Å². The van der Waals surface area contributed by atoms with Crippen molar-refractivity contribution in [3.63, 3.8) is 0 Å². The van der Waals surface area contributed by atoms with E-state index in [1.165, 1.54) is 4.31 Å². The number of sulfonamides is 1. The zero-order chi connectivity index (χ0) is 17.3. The Morgan fingerprint density at radius 1 is 1.17 bits per heavy atom. The van der Waals surface area contributed by atoms with Gasteiger partial charge in [0.25, 0.3) is 0 Å². The normalized spacial score (nSPS) is 20.1. The molecular weight excluding hydrogens is 326 g/mol. The largest absolute Gasteiger partial charge is 0.352 e. The summed E-state index contributed by atoms with van der Waals surface area (Å²) in [5.41, 5.74) is 1.83. The zero-order valence-corrected chi connectivity index (χ0v) is 15.1. The molecule has 0 aromatic heterocycles. The van der Waals surface area contributed by atoms with Gasteiger partial charge in [-0.15, -0.1) is 0 Å². The first-order valence-electron chi connectivity index (χ1n) is 8.45. The SMILES string of the molecule is Cc1ccc(S(=O)(=O)N2CCN(CC(=O)NC3CC3)CC2)c(C)c1. The summed E-state index contributed by atoms with van der Waals surface area (Å²) in [4.78, 5) is 14.3. The Kier molecular flexibility index (Phi) is 4.94. The van der Waals surface area contributed by atoms with Crippen molar-refractivity contribution in [3.8, 4) is 0 Å². The molecule has 7 heteroatoms. The molecule has 0 radical (unpaired) electrons. The van der Waals surface area contributed by atoms with Crippen LogP contribution in [0.4, 0.5) is 0 Å². The maximum Gasteiger partial charge on any atom is 0.243 e. The topological polar surface area (TPSA) is 69.7 Å². The second-order valence-electron chi connectivity index (χ2n) is 6.79. The third kappa shape index (κ3) is 3.96. The van der Waals surface area contributed by atoms with Crippen molar-refractivity contribution in [3.05, 3.63) is 29.3 Å². The summed E-state index contributed by atoms with van der Waals surface area (Å²) in [6.07, 6.45) is 2.15. The van der Waals surface area contributed by atoms with Gasteiger partial charge in [0.1, 0.15) is 0 Å². The molecule has 1 aromatic rings. The molecule has 24 heavy (non-hydrogen) atoms. The lowest BCUT2D eigenvalue weighted by Gasteiger charge is -2.33. The Labute approximate surface area is 143 Å². The summed E-state index contributed by atoms with van der Waals surface area (Å²) in [5.74, 6) is 0.0446. The number of hydrogen-bond donors (Lipinski definition) is 1. The standard InChI is InChI=1S/C17H25N3O3S/c1-13-3-6-16(14(2)11-13)24(22,23)20-9-7-19(8-10-20)12-17(21)18-15-4-5-15/h3,6,11,15H,4-5,7-10,12H2,1-2H3,(H,18,21). The summed E-state index contributed by atoms with van der Waals surface area (Å²) >= 11 is 0. The number of aryl methyl sites for hydroxylation is 2. The van der Waals surface area contributed by atoms with E-state index in [1.54, 1.807) is 6.07 Å². The zero-order valence-electron chi connectivity index (χ0n) is 14.3. The van der Waals surface area contributed by atoms with Crippen LogP contribution in [0, 0.1) is 13.8 Å². The minimum absolute atomic E-state index is 0.0446. The molecule has 0 bridgehead atoms. The molecule has 6 nitrogen and oxygen atoms in total. The number of rotatable bonds is 5. The molecule has 0 unspecified atom stereocenters.